The Bertz CT molecular complexity index is 1310. The highest BCUT2D eigenvalue weighted by Gasteiger charge is 2.25. The number of anilines is 4. The topological polar surface area (TPSA) is 32.3 Å². The van der Waals surface area contributed by atoms with Gasteiger partial charge in [-0.1, -0.05) is 59.6 Å². The Kier molecular flexibility index (Phi) is 7.02. The molecule has 2 aromatic heterocycles. The Labute approximate surface area is 230 Å². The van der Waals surface area contributed by atoms with Crippen LogP contribution in [0.2, 0.25) is 10.0 Å². The van der Waals surface area contributed by atoms with Gasteiger partial charge in [0, 0.05) is 45.3 Å². The van der Waals surface area contributed by atoms with Gasteiger partial charge in [-0.05, 0) is 73.5 Å². The summed E-state index contributed by atoms with van der Waals surface area (Å²) in [5, 5.41) is 1.54. The minimum Gasteiger partial charge on any atom is -0.324 e. The van der Waals surface area contributed by atoms with Gasteiger partial charge in [-0.2, -0.15) is 0 Å². The lowest BCUT2D eigenvalue weighted by molar-refractivity contribution is 0.637. The van der Waals surface area contributed by atoms with Crippen molar-refractivity contribution in [2.24, 2.45) is 0 Å². The van der Waals surface area contributed by atoms with E-state index in [1.54, 1.807) is 23.5 Å². The molecule has 6 rings (SSSR count). The van der Waals surface area contributed by atoms with Gasteiger partial charge in [0.25, 0.3) is 0 Å². The third-order valence-corrected chi connectivity index (χ3v) is 9.03. The number of benzene rings is 2. The van der Waals surface area contributed by atoms with Gasteiger partial charge in [-0.15, -0.1) is 0 Å². The summed E-state index contributed by atoms with van der Waals surface area (Å²) >= 11 is 16.1. The fourth-order valence-electron chi connectivity index (χ4n) is 4.73. The average molecular weight is 552 g/mol. The van der Waals surface area contributed by atoms with Crippen LogP contribution in [0.25, 0.3) is 0 Å². The molecule has 0 fully saturated rings. The first-order chi connectivity index (χ1) is 17.7. The molecule has 0 spiro atoms. The van der Waals surface area contributed by atoms with E-state index in [0.29, 0.717) is 0 Å². The summed E-state index contributed by atoms with van der Waals surface area (Å²) in [6.45, 7) is 1.87. The van der Waals surface area contributed by atoms with Gasteiger partial charge in [0.05, 0.1) is 21.2 Å². The highest BCUT2D eigenvalue weighted by atomic mass is 35.5. The quantitative estimate of drug-likeness (QED) is 0.213. The van der Waals surface area contributed by atoms with E-state index in [0.717, 1.165) is 60.5 Å². The van der Waals surface area contributed by atoms with E-state index in [9.17, 15) is 0 Å². The molecule has 2 aliphatic heterocycles. The second kappa shape index (κ2) is 10.5. The van der Waals surface area contributed by atoms with Gasteiger partial charge in [-0.25, -0.2) is 9.97 Å². The van der Waals surface area contributed by atoms with Crippen LogP contribution in [0.4, 0.5) is 23.0 Å². The zero-order valence-corrected chi connectivity index (χ0v) is 22.7. The average Bonchev–Trinajstić information content (AvgIpc) is 2.89. The second-order valence-corrected chi connectivity index (χ2v) is 11.8. The molecule has 4 nitrogen and oxygen atoms in total. The molecule has 0 bridgehead atoms. The van der Waals surface area contributed by atoms with Crippen molar-refractivity contribution in [3.05, 3.63) is 83.1 Å². The lowest BCUT2D eigenvalue weighted by Crippen LogP contribution is -2.24. The van der Waals surface area contributed by atoms with Crippen molar-refractivity contribution in [2.45, 2.75) is 45.3 Å². The third kappa shape index (κ3) is 4.80. The molecule has 0 amide bonds. The van der Waals surface area contributed by atoms with Crippen molar-refractivity contribution in [1.82, 2.24) is 9.97 Å². The van der Waals surface area contributed by atoms with Gasteiger partial charge in [0.1, 0.15) is 11.6 Å². The molecule has 182 valence electrons. The number of nitrogens with zero attached hydrogens (tertiary/aromatic N) is 4. The molecular weight excluding hydrogens is 527 g/mol. The standard InChI is InChI=1S/C28H24Cl2N4S2/c29-19-9-11-21-25(17-19)35-23-7-5-13-31-27(23)33(21)15-3-1-2-4-16-34-22-12-10-20(30)18-26(22)36-24-8-6-14-32-28(24)34/h5-14,17-18H,1-4,15-16H2. The Morgan fingerprint density at radius 3 is 1.53 bits per heavy atom. The number of hydrogen-bond acceptors (Lipinski definition) is 6. The molecule has 4 heterocycles. The highest BCUT2D eigenvalue weighted by molar-refractivity contribution is 8.00. The van der Waals surface area contributed by atoms with Crippen molar-refractivity contribution in [3.63, 3.8) is 0 Å². The number of unbranched alkanes of at least 4 members (excludes halogenated alkanes) is 3. The molecule has 4 aromatic rings. The number of halogens is 2. The number of aromatic nitrogens is 2. The molecular formula is C28H24Cl2N4S2. The monoisotopic (exact) mass is 550 g/mol. The van der Waals surface area contributed by atoms with Crippen molar-refractivity contribution >= 4 is 69.7 Å². The van der Waals surface area contributed by atoms with Crippen molar-refractivity contribution in [2.75, 3.05) is 22.9 Å². The minimum atomic E-state index is 0.768. The van der Waals surface area contributed by atoms with Gasteiger partial charge in [-0.3, -0.25) is 0 Å². The molecule has 0 saturated heterocycles. The molecule has 8 heteroatoms. The Hall–Kier alpha value is -2.38. The molecule has 0 aliphatic carbocycles. The van der Waals surface area contributed by atoms with Crippen LogP contribution in [0.3, 0.4) is 0 Å². The Morgan fingerprint density at radius 1 is 0.583 bits per heavy atom. The molecule has 36 heavy (non-hydrogen) atoms. The second-order valence-electron chi connectivity index (χ2n) is 8.80. The molecule has 0 unspecified atom stereocenters. The van der Waals surface area contributed by atoms with Crippen LogP contribution in [0.5, 0.6) is 0 Å². The van der Waals surface area contributed by atoms with E-state index in [1.807, 2.05) is 36.7 Å². The van der Waals surface area contributed by atoms with Crippen molar-refractivity contribution in [1.29, 1.82) is 0 Å². The Morgan fingerprint density at radius 2 is 1.06 bits per heavy atom. The van der Waals surface area contributed by atoms with Crippen molar-refractivity contribution in [3.8, 4) is 0 Å². The fraction of sp³-hybridized carbons (Fsp3) is 0.214. The van der Waals surface area contributed by atoms with E-state index in [2.05, 4.69) is 46.2 Å². The van der Waals surface area contributed by atoms with Crippen LogP contribution in [0.15, 0.2) is 92.6 Å². The first kappa shape index (κ1) is 24.0. The van der Waals surface area contributed by atoms with Crippen molar-refractivity contribution < 1.29 is 0 Å². The third-order valence-electron chi connectivity index (χ3n) is 6.39. The molecule has 0 N–H and O–H groups in total. The summed E-state index contributed by atoms with van der Waals surface area (Å²) in [6.07, 6.45) is 8.25. The summed E-state index contributed by atoms with van der Waals surface area (Å²) in [7, 11) is 0. The maximum absolute atomic E-state index is 6.28. The number of pyridine rings is 2. The lowest BCUT2D eigenvalue weighted by Gasteiger charge is -2.32. The van der Waals surface area contributed by atoms with E-state index < -0.39 is 0 Å². The van der Waals surface area contributed by atoms with E-state index in [-0.39, 0.29) is 0 Å². The summed E-state index contributed by atoms with van der Waals surface area (Å²) in [5.41, 5.74) is 2.39. The van der Waals surface area contributed by atoms with Gasteiger partial charge >= 0.3 is 0 Å². The predicted molar refractivity (Wildman–Crippen MR) is 152 cm³/mol. The summed E-state index contributed by atoms with van der Waals surface area (Å²) in [4.78, 5) is 18.8. The largest absolute Gasteiger partial charge is 0.324 e. The van der Waals surface area contributed by atoms with E-state index >= 15 is 0 Å². The number of fused-ring (bicyclic) bond motifs is 4. The lowest BCUT2D eigenvalue weighted by atomic mass is 10.1. The van der Waals surface area contributed by atoms with Crippen LogP contribution < -0.4 is 9.80 Å². The van der Waals surface area contributed by atoms with Crippen LogP contribution in [0.1, 0.15) is 25.7 Å². The first-order valence-corrected chi connectivity index (χ1v) is 14.5. The first-order valence-electron chi connectivity index (χ1n) is 12.1. The zero-order valence-electron chi connectivity index (χ0n) is 19.5. The maximum atomic E-state index is 6.28. The SMILES string of the molecule is Clc1ccc2c(c1)Sc1cccnc1N2CCCCCCN1c2ccc(Cl)cc2Sc2cccnc21. The van der Waals surface area contributed by atoms with Crippen LogP contribution >= 0.6 is 46.7 Å². The summed E-state index contributed by atoms with van der Waals surface area (Å²) < 4.78 is 0. The van der Waals surface area contributed by atoms with Crippen LogP contribution in [0, 0.1) is 0 Å². The predicted octanol–water partition coefficient (Wildman–Crippen LogP) is 9.25. The number of rotatable bonds is 7. The smallest absolute Gasteiger partial charge is 0.147 e. The van der Waals surface area contributed by atoms with Gasteiger partial charge < -0.3 is 9.80 Å². The van der Waals surface area contributed by atoms with Gasteiger partial charge in [0.15, 0.2) is 0 Å². The van der Waals surface area contributed by atoms with E-state index in [4.69, 9.17) is 33.2 Å². The minimum absolute atomic E-state index is 0.768. The Balaban J connectivity index is 1.09. The van der Waals surface area contributed by atoms with E-state index in [1.165, 1.54) is 31.0 Å². The van der Waals surface area contributed by atoms with Crippen LogP contribution in [-0.2, 0) is 0 Å². The molecule has 0 atom stereocenters. The summed E-state index contributed by atoms with van der Waals surface area (Å²) in [6, 6.07) is 20.5. The number of hydrogen-bond donors (Lipinski definition) is 0. The normalized spacial score (nSPS) is 13.6. The zero-order chi connectivity index (χ0) is 24.5. The molecule has 0 radical (unpaired) electrons. The highest BCUT2D eigenvalue weighted by Crippen LogP contribution is 2.49. The molecule has 2 aromatic carbocycles. The molecule has 0 saturated carbocycles. The summed E-state index contributed by atoms with van der Waals surface area (Å²) in [5.74, 6) is 2.09. The van der Waals surface area contributed by atoms with Gasteiger partial charge in [0.2, 0.25) is 0 Å². The maximum Gasteiger partial charge on any atom is 0.147 e. The fourth-order valence-corrected chi connectivity index (χ4v) is 7.41. The van der Waals surface area contributed by atoms with Crippen LogP contribution in [-0.4, -0.2) is 23.1 Å². The molecule has 2 aliphatic rings.